The fourth-order valence-electron chi connectivity index (χ4n) is 3.03. The first-order valence-corrected chi connectivity index (χ1v) is 10.5. The first-order chi connectivity index (χ1) is 15.0. The Kier molecular flexibility index (Phi) is 5.89. The second-order valence-corrected chi connectivity index (χ2v) is 7.75. The Labute approximate surface area is 181 Å². The summed E-state index contributed by atoms with van der Waals surface area (Å²) >= 11 is 1.44. The number of hydrogen-bond acceptors (Lipinski definition) is 7. The van der Waals surface area contributed by atoms with Crippen LogP contribution in [-0.2, 0) is 14.3 Å². The Morgan fingerprint density at radius 3 is 2.74 bits per heavy atom. The molecular formula is C21H20N5O4S+. The number of amides is 2. The molecule has 0 fully saturated rings. The fraction of sp³-hybridized carbons (Fsp3) is 0.190. The zero-order valence-corrected chi connectivity index (χ0v) is 17.4. The van der Waals surface area contributed by atoms with E-state index in [2.05, 4.69) is 25.9 Å². The number of rotatable bonds is 5. The third-order valence-electron chi connectivity index (χ3n) is 4.48. The Bertz CT molecular complexity index is 1140. The Morgan fingerprint density at radius 1 is 1.23 bits per heavy atom. The maximum absolute atomic E-state index is 12.7. The molecule has 0 unspecified atom stereocenters. The molecule has 2 heterocycles. The van der Waals surface area contributed by atoms with Gasteiger partial charge in [-0.1, -0.05) is 23.5 Å². The number of ether oxygens (including phenoxy) is 1. The van der Waals surface area contributed by atoms with Gasteiger partial charge in [0.05, 0.1) is 28.8 Å². The van der Waals surface area contributed by atoms with Crippen LogP contribution in [0.15, 0.2) is 48.5 Å². The molecule has 158 valence electrons. The minimum atomic E-state index is -0.768. The second kappa shape index (κ2) is 8.92. The molecule has 1 atom stereocenters. The first kappa shape index (κ1) is 20.5. The standard InChI is InChI=1S/C21H19N5O4S/c1-2-30-19(29)12-7-9-13(10-8-12)22-18(28)15-11-17(27)25-20(23-15)26-21-24-14-5-3-4-6-16(14)31-21/h3-10,15H,2,11H2,1H3,(H,22,28)(H2,23,24,25,26,27)/p+1/t15-/m0/s1. The molecule has 0 spiro atoms. The minimum Gasteiger partial charge on any atom is -0.462 e. The Balaban J connectivity index is 1.44. The van der Waals surface area contributed by atoms with Crippen LogP contribution in [0.25, 0.3) is 10.2 Å². The summed E-state index contributed by atoms with van der Waals surface area (Å²) in [5.74, 6) is -0.790. The fourth-order valence-corrected chi connectivity index (χ4v) is 3.90. The minimum absolute atomic E-state index is 0.0161. The van der Waals surface area contributed by atoms with Crippen molar-refractivity contribution in [3.05, 3.63) is 54.1 Å². The highest BCUT2D eigenvalue weighted by molar-refractivity contribution is 7.22. The SMILES string of the molecule is CCOC(=O)c1ccc(NC(=O)[C@@H]2CC(=O)NC(Nc3nc4ccccc4s3)=[NH+]2)cc1. The summed E-state index contributed by atoms with van der Waals surface area (Å²) in [6.07, 6.45) is -0.0161. The summed E-state index contributed by atoms with van der Waals surface area (Å²) in [4.78, 5) is 44.0. The van der Waals surface area contributed by atoms with Gasteiger partial charge in [0.25, 0.3) is 16.9 Å². The molecule has 2 amide bonds. The number of guanidine groups is 1. The van der Waals surface area contributed by atoms with Gasteiger partial charge in [0.15, 0.2) is 6.04 Å². The number of carbonyl (C=O) groups excluding carboxylic acids is 3. The quantitative estimate of drug-likeness (QED) is 0.438. The Morgan fingerprint density at radius 2 is 2.00 bits per heavy atom. The molecule has 1 aliphatic rings. The van der Waals surface area contributed by atoms with E-state index in [1.807, 2.05) is 24.3 Å². The van der Waals surface area contributed by atoms with E-state index in [0.717, 1.165) is 10.2 Å². The summed E-state index contributed by atoms with van der Waals surface area (Å²) in [6.45, 7) is 2.02. The van der Waals surface area contributed by atoms with Crippen molar-refractivity contribution in [2.24, 2.45) is 0 Å². The molecule has 0 saturated carbocycles. The summed E-state index contributed by atoms with van der Waals surface area (Å²) in [5.41, 5.74) is 1.75. The molecule has 4 N–H and O–H groups in total. The third kappa shape index (κ3) is 4.86. The molecule has 10 heteroatoms. The van der Waals surface area contributed by atoms with Crippen molar-refractivity contribution in [2.75, 3.05) is 17.2 Å². The number of nitrogens with one attached hydrogen (secondary N) is 4. The number of nitrogens with zero attached hydrogens (tertiary/aromatic N) is 1. The van der Waals surface area contributed by atoms with Crippen molar-refractivity contribution in [1.29, 1.82) is 0 Å². The van der Waals surface area contributed by atoms with Crippen LogP contribution >= 0.6 is 11.3 Å². The van der Waals surface area contributed by atoms with Gasteiger partial charge in [0, 0.05) is 5.69 Å². The number of anilines is 2. The highest BCUT2D eigenvalue weighted by Gasteiger charge is 2.31. The van der Waals surface area contributed by atoms with Crippen molar-refractivity contribution in [2.45, 2.75) is 19.4 Å². The van der Waals surface area contributed by atoms with E-state index in [9.17, 15) is 14.4 Å². The van der Waals surface area contributed by atoms with Crippen LogP contribution in [0.5, 0.6) is 0 Å². The van der Waals surface area contributed by atoms with Gasteiger partial charge in [0.2, 0.25) is 0 Å². The number of para-hydroxylation sites is 1. The molecule has 0 radical (unpaired) electrons. The topological polar surface area (TPSA) is 123 Å². The highest BCUT2D eigenvalue weighted by Crippen LogP contribution is 2.25. The molecule has 1 aromatic heterocycles. The van der Waals surface area contributed by atoms with Gasteiger partial charge in [0.1, 0.15) is 0 Å². The average Bonchev–Trinajstić information content (AvgIpc) is 3.16. The predicted octanol–water partition coefficient (Wildman–Crippen LogP) is 0.849. The number of hydrogen-bond donors (Lipinski definition) is 4. The lowest BCUT2D eigenvalue weighted by Crippen LogP contribution is -2.89. The number of benzene rings is 2. The predicted molar refractivity (Wildman–Crippen MR) is 117 cm³/mol. The van der Waals surface area contributed by atoms with Gasteiger partial charge in [-0.3, -0.25) is 14.6 Å². The van der Waals surface area contributed by atoms with E-state index >= 15 is 0 Å². The maximum Gasteiger partial charge on any atom is 0.358 e. The number of aromatic nitrogens is 1. The van der Waals surface area contributed by atoms with Gasteiger partial charge in [-0.25, -0.2) is 20.4 Å². The van der Waals surface area contributed by atoms with Crippen LogP contribution in [0, 0.1) is 0 Å². The maximum atomic E-state index is 12.7. The van der Waals surface area contributed by atoms with Crippen LogP contribution in [-0.4, -0.2) is 41.4 Å². The summed E-state index contributed by atoms with van der Waals surface area (Å²) in [6, 6.07) is 13.3. The van der Waals surface area contributed by atoms with Gasteiger partial charge in [-0.2, -0.15) is 0 Å². The van der Waals surface area contributed by atoms with E-state index in [4.69, 9.17) is 4.74 Å². The molecule has 0 saturated heterocycles. The van der Waals surface area contributed by atoms with Crippen LogP contribution in [0.1, 0.15) is 23.7 Å². The van der Waals surface area contributed by atoms with Crippen LogP contribution in [0.3, 0.4) is 0 Å². The molecule has 0 aliphatic carbocycles. The monoisotopic (exact) mass is 438 g/mol. The number of esters is 1. The summed E-state index contributed by atoms with van der Waals surface area (Å²) in [5, 5.41) is 9.06. The largest absolute Gasteiger partial charge is 0.462 e. The van der Waals surface area contributed by atoms with Crippen LogP contribution < -0.4 is 20.9 Å². The third-order valence-corrected chi connectivity index (χ3v) is 5.43. The van der Waals surface area contributed by atoms with Crippen LogP contribution in [0.2, 0.25) is 0 Å². The van der Waals surface area contributed by atoms with Crippen LogP contribution in [0.4, 0.5) is 10.8 Å². The highest BCUT2D eigenvalue weighted by atomic mass is 32.1. The van der Waals surface area contributed by atoms with E-state index in [0.29, 0.717) is 22.3 Å². The lowest BCUT2D eigenvalue weighted by molar-refractivity contribution is -0.490. The van der Waals surface area contributed by atoms with E-state index < -0.39 is 12.0 Å². The van der Waals surface area contributed by atoms with Crippen molar-refractivity contribution in [3.8, 4) is 0 Å². The number of fused-ring (bicyclic) bond motifs is 1. The second-order valence-electron chi connectivity index (χ2n) is 6.72. The molecule has 9 nitrogen and oxygen atoms in total. The van der Waals surface area contributed by atoms with E-state index in [1.165, 1.54) is 11.3 Å². The molecule has 0 bridgehead atoms. The lowest BCUT2D eigenvalue weighted by Gasteiger charge is -2.16. The average molecular weight is 438 g/mol. The molecular weight excluding hydrogens is 418 g/mol. The van der Waals surface area contributed by atoms with Gasteiger partial charge >= 0.3 is 11.9 Å². The first-order valence-electron chi connectivity index (χ1n) is 9.66. The van der Waals surface area contributed by atoms with Crippen molar-refractivity contribution in [3.63, 3.8) is 0 Å². The van der Waals surface area contributed by atoms with Gasteiger partial charge < -0.3 is 10.1 Å². The summed E-state index contributed by atoms with van der Waals surface area (Å²) < 4.78 is 5.95. The van der Waals surface area contributed by atoms with E-state index in [1.54, 1.807) is 31.2 Å². The Hall–Kier alpha value is -3.79. The smallest absolute Gasteiger partial charge is 0.358 e. The van der Waals surface area contributed by atoms with Gasteiger partial charge in [-0.15, -0.1) is 0 Å². The molecule has 31 heavy (non-hydrogen) atoms. The van der Waals surface area contributed by atoms with Gasteiger partial charge in [-0.05, 0) is 43.3 Å². The zero-order chi connectivity index (χ0) is 21.8. The lowest BCUT2D eigenvalue weighted by atomic mass is 10.1. The van der Waals surface area contributed by atoms with Crippen molar-refractivity contribution < 1.29 is 24.1 Å². The normalized spacial score (nSPS) is 15.7. The number of thiazole rings is 1. The van der Waals surface area contributed by atoms with Crippen molar-refractivity contribution in [1.82, 2.24) is 10.3 Å². The molecule has 1 aliphatic heterocycles. The van der Waals surface area contributed by atoms with E-state index in [-0.39, 0.29) is 24.8 Å². The molecule has 3 aromatic rings. The van der Waals surface area contributed by atoms with Crippen molar-refractivity contribution >= 4 is 56.1 Å². The summed E-state index contributed by atoms with van der Waals surface area (Å²) in [7, 11) is 0. The molecule has 4 rings (SSSR count). The number of carbonyl (C=O) groups is 3. The zero-order valence-electron chi connectivity index (χ0n) is 16.6. The molecule has 2 aromatic carbocycles.